The fourth-order valence-electron chi connectivity index (χ4n) is 1.14. The lowest BCUT2D eigenvalue weighted by molar-refractivity contribution is -0.143. The molecule has 0 spiro atoms. The first-order valence-electron chi connectivity index (χ1n) is 5.22. The number of hydrogen-bond acceptors (Lipinski definition) is 6. The van der Waals surface area contributed by atoms with E-state index >= 15 is 0 Å². The summed E-state index contributed by atoms with van der Waals surface area (Å²) in [6.45, 7) is 2.48. The van der Waals surface area contributed by atoms with Gasteiger partial charge in [0.25, 0.3) is 5.56 Å². The minimum Gasteiger partial charge on any atom is -0.466 e. The number of esters is 1. The zero-order valence-corrected chi connectivity index (χ0v) is 9.41. The molecule has 0 aliphatic rings. The summed E-state index contributed by atoms with van der Waals surface area (Å²) >= 11 is 0. The van der Waals surface area contributed by atoms with Gasteiger partial charge in [0, 0.05) is 13.0 Å². The van der Waals surface area contributed by atoms with Crippen molar-refractivity contribution in [3.05, 3.63) is 20.8 Å². The number of ether oxygens (including phenoxy) is 1. The zero-order chi connectivity index (χ0) is 12.7. The van der Waals surface area contributed by atoms with E-state index in [9.17, 15) is 14.4 Å². The molecule has 1 aromatic heterocycles. The topological polar surface area (TPSA) is 117 Å². The molecule has 0 saturated heterocycles. The van der Waals surface area contributed by atoms with Crippen molar-refractivity contribution in [1.29, 1.82) is 0 Å². The van der Waals surface area contributed by atoms with Crippen molar-refractivity contribution in [3.8, 4) is 0 Å². The van der Waals surface area contributed by atoms with E-state index in [0.29, 0.717) is 19.6 Å². The molecule has 1 rings (SSSR count). The first kappa shape index (κ1) is 12.9. The summed E-state index contributed by atoms with van der Waals surface area (Å²) in [4.78, 5) is 34.9. The standard InChI is InChI=1S/C9H14N4O4/c1-2-17-6(14)4-3-5-10-7-8(15)11-9(16)13-12-7/h2-5H2,1H3,(H,10,12)(H2,11,13,15,16). The summed E-state index contributed by atoms with van der Waals surface area (Å²) in [6.07, 6.45) is 0.779. The number of carbonyl (C=O) groups is 1. The van der Waals surface area contributed by atoms with Gasteiger partial charge in [0.05, 0.1) is 6.61 Å². The number of aromatic nitrogens is 3. The Hall–Kier alpha value is -2.12. The molecule has 0 bridgehead atoms. The van der Waals surface area contributed by atoms with Gasteiger partial charge in [0.2, 0.25) is 5.82 Å². The van der Waals surface area contributed by atoms with E-state index in [1.54, 1.807) is 6.92 Å². The highest BCUT2D eigenvalue weighted by atomic mass is 16.5. The van der Waals surface area contributed by atoms with Crippen molar-refractivity contribution in [2.45, 2.75) is 19.8 Å². The molecule has 3 N–H and O–H groups in total. The largest absolute Gasteiger partial charge is 0.466 e. The number of anilines is 1. The van der Waals surface area contributed by atoms with Crippen LogP contribution >= 0.6 is 0 Å². The molecular formula is C9H14N4O4. The Morgan fingerprint density at radius 3 is 2.88 bits per heavy atom. The molecular weight excluding hydrogens is 228 g/mol. The molecule has 1 aromatic rings. The second-order valence-corrected chi connectivity index (χ2v) is 3.19. The Morgan fingerprint density at radius 2 is 2.24 bits per heavy atom. The van der Waals surface area contributed by atoms with Gasteiger partial charge in [-0.1, -0.05) is 0 Å². The SMILES string of the molecule is CCOC(=O)CCCNc1n[nH]c(=O)[nH]c1=O. The quantitative estimate of drug-likeness (QED) is 0.444. The first-order valence-corrected chi connectivity index (χ1v) is 5.22. The fraction of sp³-hybridized carbons (Fsp3) is 0.556. The second-order valence-electron chi connectivity index (χ2n) is 3.19. The van der Waals surface area contributed by atoms with E-state index in [0.717, 1.165) is 0 Å². The van der Waals surface area contributed by atoms with Crippen LogP contribution in [0.15, 0.2) is 9.59 Å². The van der Waals surface area contributed by atoms with Crippen LogP contribution in [0.25, 0.3) is 0 Å². The lowest BCUT2D eigenvalue weighted by Crippen LogP contribution is -2.27. The van der Waals surface area contributed by atoms with E-state index in [1.807, 2.05) is 4.98 Å². The molecule has 0 aliphatic heterocycles. The summed E-state index contributed by atoms with van der Waals surface area (Å²) in [6, 6.07) is 0. The van der Waals surface area contributed by atoms with Crippen LogP contribution in [0.3, 0.4) is 0 Å². The molecule has 94 valence electrons. The van der Waals surface area contributed by atoms with Crippen molar-refractivity contribution < 1.29 is 9.53 Å². The smallest absolute Gasteiger partial charge is 0.342 e. The summed E-state index contributed by atoms with van der Waals surface area (Å²) in [5.74, 6) is -0.258. The van der Waals surface area contributed by atoms with Crippen LogP contribution in [0, 0.1) is 0 Å². The molecule has 1 heterocycles. The van der Waals surface area contributed by atoms with Crippen molar-refractivity contribution in [2.24, 2.45) is 0 Å². The Morgan fingerprint density at radius 1 is 1.47 bits per heavy atom. The van der Waals surface area contributed by atoms with Gasteiger partial charge in [-0.3, -0.25) is 14.6 Å². The molecule has 0 aromatic carbocycles. The lowest BCUT2D eigenvalue weighted by atomic mass is 10.3. The first-order chi connectivity index (χ1) is 8.13. The molecule has 0 unspecified atom stereocenters. The van der Waals surface area contributed by atoms with Crippen molar-refractivity contribution in [2.75, 3.05) is 18.5 Å². The number of aromatic amines is 2. The van der Waals surface area contributed by atoms with Gasteiger partial charge in [0.15, 0.2) is 0 Å². The highest BCUT2D eigenvalue weighted by molar-refractivity contribution is 5.69. The molecule has 0 aliphatic carbocycles. The van der Waals surface area contributed by atoms with Gasteiger partial charge in [-0.2, -0.15) is 0 Å². The van der Waals surface area contributed by atoms with Crippen molar-refractivity contribution in [3.63, 3.8) is 0 Å². The molecule has 8 nitrogen and oxygen atoms in total. The van der Waals surface area contributed by atoms with Crippen LogP contribution in [0.1, 0.15) is 19.8 Å². The zero-order valence-electron chi connectivity index (χ0n) is 9.41. The van der Waals surface area contributed by atoms with E-state index in [4.69, 9.17) is 4.74 Å². The van der Waals surface area contributed by atoms with Crippen molar-refractivity contribution in [1.82, 2.24) is 15.2 Å². The third kappa shape index (κ3) is 4.49. The Bertz CT molecular complexity index is 478. The van der Waals surface area contributed by atoms with Crippen LogP contribution in [0.2, 0.25) is 0 Å². The maximum Gasteiger partial charge on any atom is 0.342 e. The minimum atomic E-state index is -0.660. The number of nitrogens with one attached hydrogen (secondary N) is 3. The number of carbonyl (C=O) groups excluding carboxylic acids is 1. The molecule has 8 heteroatoms. The van der Waals surface area contributed by atoms with Crippen LogP contribution in [0.4, 0.5) is 5.82 Å². The maximum absolute atomic E-state index is 11.2. The predicted molar refractivity (Wildman–Crippen MR) is 59.8 cm³/mol. The van der Waals surface area contributed by atoms with Gasteiger partial charge in [-0.05, 0) is 13.3 Å². The van der Waals surface area contributed by atoms with Gasteiger partial charge >= 0.3 is 11.7 Å². The van der Waals surface area contributed by atoms with Gasteiger partial charge in [-0.25, -0.2) is 9.89 Å². The fourth-order valence-corrected chi connectivity index (χ4v) is 1.14. The summed E-state index contributed by atoms with van der Waals surface area (Å²) in [5.41, 5.74) is -1.25. The molecule has 0 fully saturated rings. The van der Waals surface area contributed by atoms with Gasteiger partial charge in [-0.15, -0.1) is 5.10 Å². The van der Waals surface area contributed by atoms with E-state index < -0.39 is 11.2 Å². The molecule has 0 saturated carbocycles. The maximum atomic E-state index is 11.2. The number of rotatable bonds is 6. The minimum absolute atomic E-state index is 0.0217. The average Bonchev–Trinajstić information content (AvgIpc) is 2.27. The Balaban J connectivity index is 2.34. The number of H-pyrrole nitrogens is 2. The second kappa shape index (κ2) is 6.46. The van der Waals surface area contributed by atoms with Gasteiger partial charge in [0.1, 0.15) is 0 Å². The lowest BCUT2D eigenvalue weighted by Gasteiger charge is -2.03. The summed E-state index contributed by atoms with van der Waals surface area (Å²) in [5, 5.41) is 8.32. The monoisotopic (exact) mass is 242 g/mol. The van der Waals surface area contributed by atoms with Gasteiger partial charge < -0.3 is 10.1 Å². The van der Waals surface area contributed by atoms with E-state index in [-0.39, 0.29) is 18.2 Å². The highest BCUT2D eigenvalue weighted by Gasteiger charge is 2.03. The van der Waals surface area contributed by atoms with Crippen molar-refractivity contribution >= 4 is 11.8 Å². The Labute approximate surface area is 96.4 Å². The third-order valence-electron chi connectivity index (χ3n) is 1.87. The average molecular weight is 242 g/mol. The predicted octanol–water partition coefficient (Wildman–Crippen LogP) is -0.787. The van der Waals surface area contributed by atoms with Crippen LogP contribution in [-0.2, 0) is 9.53 Å². The highest BCUT2D eigenvalue weighted by Crippen LogP contribution is 1.94. The third-order valence-corrected chi connectivity index (χ3v) is 1.87. The van der Waals surface area contributed by atoms with E-state index in [2.05, 4.69) is 15.5 Å². The molecule has 0 atom stereocenters. The molecule has 0 radical (unpaired) electrons. The van der Waals surface area contributed by atoms with E-state index in [1.165, 1.54) is 0 Å². The van der Waals surface area contributed by atoms with Crippen LogP contribution in [-0.4, -0.2) is 34.3 Å². The summed E-state index contributed by atoms with van der Waals surface area (Å²) in [7, 11) is 0. The number of nitrogens with zero attached hydrogens (tertiary/aromatic N) is 1. The van der Waals surface area contributed by atoms with Crippen LogP contribution in [0.5, 0.6) is 0 Å². The Kier molecular flexibility index (Phi) is 4.92. The van der Waals surface area contributed by atoms with Crippen LogP contribution < -0.4 is 16.6 Å². The normalized spacial score (nSPS) is 9.94. The molecule has 0 amide bonds. The molecule has 17 heavy (non-hydrogen) atoms. The number of hydrogen-bond donors (Lipinski definition) is 3. The summed E-state index contributed by atoms with van der Waals surface area (Å²) < 4.78 is 4.74.